The minimum absolute atomic E-state index is 0.00266. The Balaban J connectivity index is 1.98. The van der Waals surface area contributed by atoms with Crippen molar-refractivity contribution in [3.05, 3.63) is 41.7 Å². The van der Waals surface area contributed by atoms with Crippen LogP contribution < -0.4 is 5.32 Å². The van der Waals surface area contributed by atoms with Crippen molar-refractivity contribution < 1.29 is 29.0 Å². The fourth-order valence-electron chi connectivity index (χ4n) is 2.73. The van der Waals surface area contributed by atoms with Crippen LogP contribution in [0.25, 0.3) is 17.0 Å². The summed E-state index contributed by atoms with van der Waals surface area (Å²) < 4.78 is 6.01. The van der Waals surface area contributed by atoms with Crippen molar-refractivity contribution in [2.75, 3.05) is 13.7 Å². The van der Waals surface area contributed by atoms with Gasteiger partial charge in [-0.3, -0.25) is 14.4 Å². The van der Waals surface area contributed by atoms with Crippen LogP contribution in [0, 0.1) is 0 Å². The summed E-state index contributed by atoms with van der Waals surface area (Å²) >= 11 is 0. The van der Waals surface area contributed by atoms with E-state index in [-0.39, 0.29) is 12.2 Å². The van der Waals surface area contributed by atoms with E-state index < -0.39 is 30.4 Å². The first kappa shape index (κ1) is 17.2. The molecule has 134 valence electrons. The van der Waals surface area contributed by atoms with E-state index in [0.717, 1.165) is 17.4 Å². The maximum atomic E-state index is 12.4. The lowest BCUT2D eigenvalue weighted by Gasteiger charge is -2.08. The van der Waals surface area contributed by atoms with Crippen molar-refractivity contribution in [1.82, 2.24) is 14.8 Å². The number of carboxylic acids is 1. The average Bonchev–Trinajstić information content (AvgIpc) is 3.07. The number of esters is 1. The minimum Gasteiger partial charge on any atom is -0.480 e. The van der Waals surface area contributed by atoms with Gasteiger partial charge in [0, 0.05) is 22.7 Å². The standard InChI is InChI=1S/C17H15N3O6/c1-26-15(23)9-20-16(24)12(18-17(20)25)6-10-7-19(8-14(21)22)13-5-3-2-4-11(10)13/h2-7H,8-9H2,1H3,(H,18,25)(H,21,22). The molecule has 1 aliphatic rings. The second-order valence-corrected chi connectivity index (χ2v) is 5.58. The number of benzene rings is 1. The molecule has 1 saturated heterocycles. The molecule has 3 rings (SSSR count). The number of fused-ring (bicyclic) bond motifs is 1. The summed E-state index contributed by atoms with van der Waals surface area (Å²) in [5, 5.41) is 12.2. The second kappa shape index (κ2) is 6.71. The number of hydrogen-bond donors (Lipinski definition) is 2. The number of nitrogens with zero attached hydrogens (tertiary/aromatic N) is 2. The molecule has 0 saturated carbocycles. The molecule has 2 aromatic rings. The number of rotatable bonds is 5. The molecule has 2 heterocycles. The average molecular weight is 357 g/mol. The topological polar surface area (TPSA) is 118 Å². The number of para-hydroxylation sites is 1. The van der Waals surface area contributed by atoms with Crippen molar-refractivity contribution >= 4 is 40.9 Å². The highest BCUT2D eigenvalue weighted by molar-refractivity contribution is 6.15. The van der Waals surface area contributed by atoms with Crippen LogP contribution in [0.5, 0.6) is 0 Å². The first-order valence-corrected chi connectivity index (χ1v) is 7.61. The van der Waals surface area contributed by atoms with Gasteiger partial charge in [0.2, 0.25) is 0 Å². The molecule has 0 radical (unpaired) electrons. The number of nitrogens with one attached hydrogen (secondary N) is 1. The van der Waals surface area contributed by atoms with Gasteiger partial charge in [-0.05, 0) is 12.1 Å². The van der Waals surface area contributed by atoms with E-state index in [2.05, 4.69) is 10.1 Å². The quantitative estimate of drug-likeness (QED) is 0.464. The Hall–Kier alpha value is -3.62. The zero-order valence-electron chi connectivity index (χ0n) is 13.8. The third-order valence-corrected chi connectivity index (χ3v) is 3.90. The number of carbonyl (C=O) groups is 4. The van der Waals surface area contributed by atoms with E-state index in [1.807, 2.05) is 0 Å². The van der Waals surface area contributed by atoms with Crippen molar-refractivity contribution in [2.45, 2.75) is 6.54 Å². The molecular formula is C17H15N3O6. The second-order valence-electron chi connectivity index (χ2n) is 5.58. The summed E-state index contributed by atoms with van der Waals surface area (Å²) in [4.78, 5) is 47.4. The van der Waals surface area contributed by atoms with E-state index in [9.17, 15) is 19.2 Å². The lowest BCUT2D eigenvalue weighted by Crippen LogP contribution is -2.36. The molecule has 0 atom stereocenters. The number of aliphatic carboxylic acids is 1. The summed E-state index contributed by atoms with van der Waals surface area (Å²) in [6.45, 7) is -0.724. The Kier molecular flexibility index (Phi) is 4.44. The van der Waals surface area contributed by atoms with Crippen LogP contribution in [-0.2, 0) is 25.7 Å². The first-order valence-electron chi connectivity index (χ1n) is 7.61. The SMILES string of the molecule is COC(=O)CN1C(=O)NC(=Cc2cn(CC(=O)O)c3ccccc23)C1=O. The molecule has 0 spiro atoms. The number of carbonyl (C=O) groups excluding carboxylic acids is 3. The van der Waals surface area contributed by atoms with Gasteiger partial charge in [-0.2, -0.15) is 0 Å². The van der Waals surface area contributed by atoms with Gasteiger partial charge < -0.3 is 19.7 Å². The van der Waals surface area contributed by atoms with Gasteiger partial charge in [-0.15, -0.1) is 0 Å². The molecule has 0 unspecified atom stereocenters. The molecule has 0 bridgehead atoms. The smallest absolute Gasteiger partial charge is 0.329 e. The zero-order valence-corrected chi connectivity index (χ0v) is 13.8. The molecule has 26 heavy (non-hydrogen) atoms. The van der Waals surface area contributed by atoms with Gasteiger partial charge in [0.25, 0.3) is 5.91 Å². The molecule has 3 amide bonds. The lowest BCUT2D eigenvalue weighted by atomic mass is 10.1. The Morgan fingerprint density at radius 3 is 2.65 bits per heavy atom. The van der Waals surface area contributed by atoms with Gasteiger partial charge in [-0.25, -0.2) is 9.69 Å². The maximum absolute atomic E-state index is 12.4. The van der Waals surface area contributed by atoms with E-state index in [1.54, 1.807) is 30.5 Å². The van der Waals surface area contributed by atoms with Gasteiger partial charge in [-0.1, -0.05) is 18.2 Å². The Morgan fingerprint density at radius 1 is 1.23 bits per heavy atom. The third kappa shape index (κ3) is 3.14. The van der Waals surface area contributed by atoms with Crippen molar-refractivity contribution in [1.29, 1.82) is 0 Å². The number of aromatic nitrogens is 1. The van der Waals surface area contributed by atoms with E-state index in [1.165, 1.54) is 10.6 Å². The summed E-state index contributed by atoms with van der Waals surface area (Å²) in [6, 6.07) is 6.39. The number of imide groups is 1. The van der Waals surface area contributed by atoms with Crippen molar-refractivity contribution in [2.24, 2.45) is 0 Å². The molecule has 2 N–H and O–H groups in total. The van der Waals surface area contributed by atoms with Crippen LogP contribution in [0.1, 0.15) is 5.56 Å². The van der Waals surface area contributed by atoms with Gasteiger partial charge in [0.1, 0.15) is 18.8 Å². The van der Waals surface area contributed by atoms with Crippen LogP contribution in [0.3, 0.4) is 0 Å². The Morgan fingerprint density at radius 2 is 1.96 bits per heavy atom. The number of urea groups is 1. The van der Waals surface area contributed by atoms with Crippen LogP contribution in [0.4, 0.5) is 4.79 Å². The molecule has 1 fully saturated rings. The summed E-state index contributed by atoms with van der Waals surface area (Å²) in [5.41, 5.74) is 1.26. The van der Waals surface area contributed by atoms with Crippen LogP contribution in [0.2, 0.25) is 0 Å². The van der Waals surface area contributed by atoms with Crippen molar-refractivity contribution in [3.63, 3.8) is 0 Å². The zero-order chi connectivity index (χ0) is 18.8. The van der Waals surface area contributed by atoms with Crippen LogP contribution in [-0.4, -0.2) is 52.1 Å². The molecule has 1 aromatic carbocycles. The normalized spacial score (nSPS) is 15.6. The molecular weight excluding hydrogens is 342 g/mol. The monoisotopic (exact) mass is 357 g/mol. The molecule has 0 aliphatic carbocycles. The number of amides is 3. The molecule has 1 aliphatic heterocycles. The highest BCUT2D eigenvalue weighted by atomic mass is 16.5. The summed E-state index contributed by atoms with van der Waals surface area (Å²) in [5.74, 6) is -2.37. The predicted molar refractivity (Wildman–Crippen MR) is 89.8 cm³/mol. The minimum atomic E-state index is -1.00. The summed E-state index contributed by atoms with van der Waals surface area (Å²) in [6.07, 6.45) is 3.05. The highest BCUT2D eigenvalue weighted by Gasteiger charge is 2.35. The van der Waals surface area contributed by atoms with Gasteiger partial charge in [0.15, 0.2) is 0 Å². The van der Waals surface area contributed by atoms with Gasteiger partial charge in [0.05, 0.1) is 7.11 Å². The van der Waals surface area contributed by atoms with Crippen molar-refractivity contribution in [3.8, 4) is 0 Å². The number of hydrogen-bond acceptors (Lipinski definition) is 5. The van der Waals surface area contributed by atoms with E-state index in [0.29, 0.717) is 11.1 Å². The third-order valence-electron chi connectivity index (χ3n) is 3.90. The summed E-state index contributed by atoms with van der Waals surface area (Å²) in [7, 11) is 1.16. The van der Waals surface area contributed by atoms with Crippen LogP contribution in [0.15, 0.2) is 36.2 Å². The molecule has 9 nitrogen and oxygen atoms in total. The first-order chi connectivity index (χ1) is 12.4. The maximum Gasteiger partial charge on any atom is 0.329 e. The highest BCUT2D eigenvalue weighted by Crippen LogP contribution is 2.24. The van der Waals surface area contributed by atoms with Gasteiger partial charge >= 0.3 is 18.0 Å². The van der Waals surface area contributed by atoms with E-state index in [4.69, 9.17) is 5.11 Å². The number of carboxylic acid groups (broad SMARTS) is 1. The predicted octanol–water partition coefficient (Wildman–Crippen LogP) is 0.792. The largest absolute Gasteiger partial charge is 0.480 e. The Labute approximate surface area is 147 Å². The lowest BCUT2D eigenvalue weighted by molar-refractivity contribution is -0.143. The molecule has 1 aromatic heterocycles. The fraction of sp³-hybridized carbons (Fsp3) is 0.176. The van der Waals surface area contributed by atoms with Crippen LogP contribution >= 0.6 is 0 Å². The number of ether oxygens (including phenoxy) is 1. The fourth-order valence-corrected chi connectivity index (χ4v) is 2.73. The molecule has 9 heteroatoms. The number of methoxy groups -OCH3 is 1. The van der Waals surface area contributed by atoms with E-state index >= 15 is 0 Å². The Bertz CT molecular complexity index is 959.